The monoisotopic (exact) mass is 426 g/mol. The number of fused-ring (bicyclic) bond motifs is 1. The van der Waals surface area contributed by atoms with E-state index in [9.17, 15) is 18.0 Å². The van der Waals surface area contributed by atoms with Gasteiger partial charge in [-0.05, 0) is 49.4 Å². The van der Waals surface area contributed by atoms with Gasteiger partial charge in [0, 0.05) is 17.8 Å². The third-order valence-corrected chi connectivity index (χ3v) is 8.68. The van der Waals surface area contributed by atoms with Crippen LogP contribution in [-0.2, 0) is 19.4 Å². The lowest BCUT2D eigenvalue weighted by atomic mass is 9.63. The predicted octanol–water partition coefficient (Wildman–Crippen LogP) is 4.08. The van der Waals surface area contributed by atoms with Gasteiger partial charge < -0.3 is 4.74 Å². The molecule has 0 bridgehead atoms. The fourth-order valence-corrected chi connectivity index (χ4v) is 6.83. The molecule has 6 heteroatoms. The second kappa shape index (κ2) is 7.99. The van der Waals surface area contributed by atoms with E-state index in [2.05, 4.69) is 0 Å². The fraction of sp³-hybridized carbons (Fsp3) is 0.417. The van der Waals surface area contributed by atoms with Crippen LogP contribution in [0.5, 0.6) is 0 Å². The molecule has 2 saturated carbocycles. The average Bonchev–Trinajstić information content (AvgIpc) is 3.08. The van der Waals surface area contributed by atoms with Crippen molar-refractivity contribution < 1.29 is 22.7 Å². The van der Waals surface area contributed by atoms with Crippen molar-refractivity contribution in [3.8, 4) is 0 Å². The molecular weight excluding hydrogens is 400 g/mol. The number of ketones is 1. The Morgan fingerprint density at radius 2 is 1.67 bits per heavy atom. The zero-order valence-electron chi connectivity index (χ0n) is 17.0. The van der Waals surface area contributed by atoms with Gasteiger partial charge >= 0.3 is 5.97 Å². The topological polar surface area (TPSA) is 77.5 Å². The molecule has 2 aliphatic carbocycles. The number of carbonyl (C=O) groups excluding carboxylic acids is 2. The lowest BCUT2D eigenvalue weighted by Gasteiger charge is -2.43. The van der Waals surface area contributed by atoms with E-state index in [4.69, 9.17) is 4.74 Å². The Morgan fingerprint density at radius 1 is 1.03 bits per heavy atom. The molecule has 0 saturated heterocycles. The third kappa shape index (κ3) is 3.81. The van der Waals surface area contributed by atoms with Crippen LogP contribution in [0.1, 0.15) is 43.0 Å². The first-order valence-corrected chi connectivity index (χ1v) is 12.0. The number of sulfone groups is 1. The first-order chi connectivity index (χ1) is 14.3. The van der Waals surface area contributed by atoms with Crippen LogP contribution in [0.3, 0.4) is 0 Å². The zero-order valence-corrected chi connectivity index (χ0v) is 17.8. The molecule has 30 heavy (non-hydrogen) atoms. The van der Waals surface area contributed by atoms with Crippen molar-refractivity contribution in [1.29, 1.82) is 0 Å². The molecule has 158 valence electrons. The van der Waals surface area contributed by atoms with Crippen molar-refractivity contribution in [2.75, 3.05) is 5.75 Å². The second-order valence-corrected chi connectivity index (χ2v) is 10.7. The number of carbonyl (C=O) groups is 2. The molecule has 0 N–H and O–H groups in total. The summed E-state index contributed by atoms with van der Waals surface area (Å²) in [5.41, 5.74) is 0.106. The van der Waals surface area contributed by atoms with E-state index in [0.29, 0.717) is 31.2 Å². The molecule has 0 aromatic heterocycles. The summed E-state index contributed by atoms with van der Waals surface area (Å²) in [6.07, 6.45) is 1.95. The summed E-state index contributed by atoms with van der Waals surface area (Å²) in [5, 5.41) is 0. The van der Waals surface area contributed by atoms with Gasteiger partial charge in [0.1, 0.15) is 11.9 Å². The lowest BCUT2D eigenvalue weighted by molar-refractivity contribution is -0.131. The summed E-state index contributed by atoms with van der Waals surface area (Å²) in [6.45, 7) is 2.04. The van der Waals surface area contributed by atoms with Crippen LogP contribution in [0.25, 0.3) is 0 Å². The molecule has 4 unspecified atom stereocenters. The average molecular weight is 427 g/mol. The molecule has 2 fully saturated rings. The molecule has 2 aliphatic rings. The van der Waals surface area contributed by atoms with Gasteiger partial charge in [-0.25, -0.2) is 13.2 Å². The van der Waals surface area contributed by atoms with Gasteiger partial charge in [-0.2, -0.15) is 0 Å². The largest absolute Gasteiger partial charge is 0.458 e. The molecular formula is C24H26O5S. The van der Waals surface area contributed by atoms with Crippen molar-refractivity contribution in [1.82, 2.24) is 0 Å². The summed E-state index contributed by atoms with van der Waals surface area (Å²) in [7, 11) is -3.57. The molecule has 0 aliphatic heterocycles. The van der Waals surface area contributed by atoms with Gasteiger partial charge in [0.05, 0.1) is 16.2 Å². The van der Waals surface area contributed by atoms with Gasteiger partial charge in [-0.1, -0.05) is 43.3 Å². The van der Waals surface area contributed by atoms with E-state index >= 15 is 0 Å². The number of Topliss-reactive ketones (excluding diaryl/α,β-unsaturated/α-hetero) is 1. The molecule has 2 aromatic rings. The van der Waals surface area contributed by atoms with E-state index in [1.54, 1.807) is 54.6 Å². The maximum absolute atomic E-state index is 12.9. The Kier molecular flexibility index (Phi) is 5.53. The number of benzene rings is 2. The highest BCUT2D eigenvalue weighted by molar-refractivity contribution is 7.91. The zero-order chi connectivity index (χ0) is 21.4. The molecule has 0 heterocycles. The summed E-state index contributed by atoms with van der Waals surface area (Å²) in [4.78, 5) is 25.6. The number of hydrogen-bond acceptors (Lipinski definition) is 5. The minimum Gasteiger partial charge on any atom is -0.458 e. The number of rotatable bonds is 5. The number of esters is 1. The molecule has 4 atom stereocenters. The molecule has 5 nitrogen and oxygen atoms in total. The fourth-order valence-electron chi connectivity index (χ4n) is 5.17. The summed E-state index contributed by atoms with van der Waals surface area (Å²) in [5.74, 6) is -1.21. The molecule has 0 spiro atoms. The van der Waals surface area contributed by atoms with E-state index in [1.807, 2.05) is 13.0 Å². The first-order valence-electron chi connectivity index (χ1n) is 10.4. The van der Waals surface area contributed by atoms with Crippen molar-refractivity contribution >= 4 is 21.6 Å². The van der Waals surface area contributed by atoms with Crippen molar-refractivity contribution in [3.63, 3.8) is 0 Å². The maximum atomic E-state index is 12.9. The second-order valence-electron chi connectivity index (χ2n) is 8.62. The molecule has 0 radical (unpaired) electrons. The van der Waals surface area contributed by atoms with Crippen LogP contribution >= 0.6 is 0 Å². The van der Waals surface area contributed by atoms with Crippen LogP contribution in [0, 0.1) is 17.3 Å². The Hall–Kier alpha value is -2.47. The van der Waals surface area contributed by atoms with Crippen LogP contribution in [0.4, 0.5) is 0 Å². The van der Waals surface area contributed by atoms with Crippen LogP contribution < -0.4 is 0 Å². The van der Waals surface area contributed by atoms with Gasteiger partial charge in [0.2, 0.25) is 0 Å². The van der Waals surface area contributed by atoms with E-state index < -0.39 is 21.2 Å². The van der Waals surface area contributed by atoms with Crippen molar-refractivity contribution in [3.05, 3.63) is 66.2 Å². The first kappa shape index (κ1) is 20.8. The van der Waals surface area contributed by atoms with Crippen molar-refractivity contribution in [2.45, 2.75) is 43.6 Å². The van der Waals surface area contributed by atoms with Gasteiger partial charge in [0.25, 0.3) is 0 Å². The third-order valence-electron chi connectivity index (χ3n) is 6.89. The smallest absolute Gasteiger partial charge is 0.338 e. The van der Waals surface area contributed by atoms with E-state index in [0.717, 1.165) is 0 Å². The molecule has 4 rings (SSSR count). The minimum absolute atomic E-state index is 0.00650. The SMILES string of the molecule is CC12CCC(=O)C(CS(=O)(=O)c3ccccc3)C1CCC2OC(=O)c1ccccc1. The van der Waals surface area contributed by atoms with Crippen LogP contribution in [0.15, 0.2) is 65.6 Å². The highest BCUT2D eigenvalue weighted by Crippen LogP contribution is 2.55. The quantitative estimate of drug-likeness (QED) is 0.673. The Balaban J connectivity index is 1.54. The van der Waals surface area contributed by atoms with Crippen LogP contribution in [-0.4, -0.2) is 32.0 Å². The maximum Gasteiger partial charge on any atom is 0.338 e. The van der Waals surface area contributed by atoms with E-state index in [1.165, 1.54) is 0 Å². The number of hydrogen-bond donors (Lipinski definition) is 0. The minimum atomic E-state index is -3.57. The van der Waals surface area contributed by atoms with E-state index in [-0.39, 0.29) is 34.4 Å². The summed E-state index contributed by atoms with van der Waals surface area (Å²) in [6, 6.07) is 17.1. The highest BCUT2D eigenvalue weighted by atomic mass is 32.2. The standard InChI is InChI=1S/C24H26O5S/c1-24-15-14-21(25)19(16-30(27,28)18-10-6-3-7-11-18)20(24)12-13-22(24)29-23(26)17-8-4-2-5-9-17/h2-11,19-20,22H,12-16H2,1H3. The molecule has 0 amide bonds. The lowest BCUT2D eigenvalue weighted by Crippen LogP contribution is -2.46. The van der Waals surface area contributed by atoms with Crippen molar-refractivity contribution in [2.24, 2.45) is 17.3 Å². The molecule has 2 aromatic carbocycles. The Bertz CT molecular complexity index is 1030. The highest BCUT2D eigenvalue weighted by Gasteiger charge is 2.56. The summed E-state index contributed by atoms with van der Waals surface area (Å²) >= 11 is 0. The normalized spacial score (nSPS) is 28.7. The Morgan fingerprint density at radius 3 is 2.33 bits per heavy atom. The predicted molar refractivity (Wildman–Crippen MR) is 113 cm³/mol. The van der Waals surface area contributed by atoms with Gasteiger partial charge in [-0.3, -0.25) is 4.79 Å². The Labute approximate surface area is 177 Å². The van der Waals surface area contributed by atoms with Crippen LogP contribution in [0.2, 0.25) is 0 Å². The van der Waals surface area contributed by atoms with Gasteiger partial charge in [-0.15, -0.1) is 0 Å². The summed E-state index contributed by atoms with van der Waals surface area (Å²) < 4.78 is 31.8. The van der Waals surface area contributed by atoms with Gasteiger partial charge in [0.15, 0.2) is 9.84 Å². The number of ether oxygens (including phenoxy) is 1.